The van der Waals surface area contributed by atoms with Gasteiger partial charge in [0, 0.05) is 12.1 Å². The standard InChI is InChI=1S/C23H25Cl2F5N6O3S/c1-21(2,3)39-20(38)34-22(4-5-22)11-33-18-16(23(6-7-23)19(32)37)15(10-31)35-36(18)17-13(24)8-12(9-14(17)25)40(26,27,28,29)30/h8-9,33H,4-7,11H2,1-3H3,(H2,32,37)(H,34,38). The Balaban J connectivity index is 1.81. The van der Waals surface area contributed by atoms with Gasteiger partial charge < -0.3 is 21.1 Å². The van der Waals surface area contributed by atoms with Crippen LogP contribution in [0.25, 0.3) is 5.69 Å². The molecule has 0 unspecified atom stereocenters. The normalized spacial score (nSPS) is 19.0. The number of anilines is 1. The summed E-state index contributed by atoms with van der Waals surface area (Å²) in [5, 5.41) is 18.0. The molecule has 40 heavy (non-hydrogen) atoms. The number of rotatable bonds is 8. The minimum absolute atomic E-state index is 0.00340. The number of nitrogens with two attached hydrogens (primary N) is 1. The van der Waals surface area contributed by atoms with Crippen LogP contribution in [0, 0.1) is 11.3 Å². The van der Waals surface area contributed by atoms with Crippen molar-refractivity contribution in [2.75, 3.05) is 11.9 Å². The Kier molecular flexibility index (Phi) is 6.40. The SMILES string of the molecule is CC(C)(C)OC(=O)NC1(CNc2c(C3(C(N)=O)CC3)c(C#N)nn2-c2c(Cl)cc(S(F)(F)(F)(F)F)cc2Cl)CC1. The molecule has 2 aliphatic carbocycles. The fourth-order valence-corrected chi connectivity index (χ4v) is 5.71. The van der Waals surface area contributed by atoms with Gasteiger partial charge in [-0.3, -0.25) is 4.79 Å². The van der Waals surface area contributed by atoms with Crippen LogP contribution in [0.2, 0.25) is 10.0 Å². The minimum Gasteiger partial charge on any atom is -0.444 e. The maximum absolute atomic E-state index is 13.5. The third-order valence-electron chi connectivity index (χ3n) is 6.55. The van der Waals surface area contributed by atoms with E-state index in [4.69, 9.17) is 33.7 Å². The number of primary amides is 1. The lowest BCUT2D eigenvalue weighted by molar-refractivity contribution is -0.120. The van der Waals surface area contributed by atoms with Crippen molar-refractivity contribution in [1.29, 1.82) is 5.26 Å². The van der Waals surface area contributed by atoms with E-state index in [1.807, 2.05) is 6.07 Å². The first kappa shape index (κ1) is 30.0. The molecule has 220 valence electrons. The molecule has 1 aromatic carbocycles. The fraction of sp³-hybridized carbons (Fsp3) is 0.478. The topological polar surface area (TPSA) is 135 Å². The molecule has 1 aromatic heterocycles. The number of ether oxygens (including phenoxy) is 1. The molecule has 17 heteroatoms. The van der Waals surface area contributed by atoms with Crippen LogP contribution in [0.4, 0.5) is 30.0 Å². The first-order valence-electron chi connectivity index (χ1n) is 11.8. The molecule has 1 heterocycles. The van der Waals surface area contributed by atoms with Crippen molar-refractivity contribution in [1.82, 2.24) is 15.1 Å². The van der Waals surface area contributed by atoms with Gasteiger partial charge >= 0.3 is 16.3 Å². The molecule has 0 aliphatic heterocycles. The summed E-state index contributed by atoms with van der Waals surface area (Å²) >= 11 is 12.1. The predicted octanol–water partition coefficient (Wildman–Crippen LogP) is 6.69. The molecular formula is C23H25Cl2F5N6O3S. The summed E-state index contributed by atoms with van der Waals surface area (Å²) < 4.78 is 73.6. The average molecular weight is 631 g/mol. The second kappa shape index (κ2) is 8.53. The van der Waals surface area contributed by atoms with E-state index in [1.54, 1.807) is 20.8 Å². The molecule has 2 aromatic rings. The largest absolute Gasteiger partial charge is 0.444 e. The van der Waals surface area contributed by atoms with Crippen molar-refractivity contribution in [2.24, 2.45) is 5.73 Å². The van der Waals surface area contributed by atoms with Gasteiger partial charge in [-0.05, 0) is 58.6 Å². The fourth-order valence-electron chi connectivity index (χ4n) is 4.26. The van der Waals surface area contributed by atoms with Gasteiger partial charge in [0.25, 0.3) is 0 Å². The van der Waals surface area contributed by atoms with Gasteiger partial charge in [-0.25, -0.2) is 9.48 Å². The van der Waals surface area contributed by atoms with Gasteiger partial charge in [-0.2, -0.15) is 10.4 Å². The van der Waals surface area contributed by atoms with Crippen LogP contribution in [-0.4, -0.2) is 39.5 Å². The lowest BCUT2D eigenvalue weighted by atomic mass is 9.94. The number of nitrogens with one attached hydrogen (secondary N) is 2. The van der Waals surface area contributed by atoms with Gasteiger partial charge in [0.15, 0.2) is 5.69 Å². The van der Waals surface area contributed by atoms with Crippen LogP contribution < -0.4 is 16.4 Å². The van der Waals surface area contributed by atoms with E-state index in [9.17, 15) is 34.3 Å². The Morgan fingerprint density at radius 3 is 2.10 bits per heavy atom. The minimum atomic E-state index is -10.1. The molecule has 2 aliphatic rings. The molecule has 4 rings (SSSR count). The molecule has 0 saturated heterocycles. The molecule has 2 saturated carbocycles. The van der Waals surface area contributed by atoms with Crippen molar-refractivity contribution < 1.29 is 33.8 Å². The van der Waals surface area contributed by atoms with Crippen molar-refractivity contribution in [3.05, 3.63) is 33.4 Å². The lowest BCUT2D eigenvalue weighted by Gasteiger charge is -2.40. The van der Waals surface area contributed by atoms with Crippen LogP contribution in [0.5, 0.6) is 0 Å². The summed E-state index contributed by atoms with van der Waals surface area (Å²) in [5.74, 6) is -0.831. The highest BCUT2D eigenvalue weighted by atomic mass is 35.5. The lowest BCUT2D eigenvalue weighted by Crippen LogP contribution is -2.44. The van der Waals surface area contributed by atoms with Crippen LogP contribution >= 0.6 is 33.4 Å². The van der Waals surface area contributed by atoms with Crippen LogP contribution in [0.3, 0.4) is 0 Å². The van der Waals surface area contributed by atoms with Gasteiger partial charge in [-0.1, -0.05) is 42.6 Å². The zero-order valence-corrected chi connectivity index (χ0v) is 23.7. The van der Waals surface area contributed by atoms with Crippen molar-refractivity contribution in [3.63, 3.8) is 0 Å². The second-order valence-electron chi connectivity index (χ2n) is 11.0. The molecule has 4 N–H and O–H groups in total. The maximum atomic E-state index is 13.5. The molecular weight excluding hydrogens is 606 g/mol. The Bertz CT molecular complexity index is 1450. The van der Waals surface area contributed by atoms with E-state index >= 15 is 0 Å². The highest BCUT2D eigenvalue weighted by Gasteiger charge is 2.66. The summed E-state index contributed by atoms with van der Waals surface area (Å²) in [5.41, 5.74) is 2.07. The van der Waals surface area contributed by atoms with E-state index in [2.05, 4.69) is 15.7 Å². The third kappa shape index (κ3) is 5.89. The zero-order chi connectivity index (χ0) is 30.2. The van der Waals surface area contributed by atoms with E-state index < -0.39 is 59.4 Å². The third-order valence-corrected chi connectivity index (χ3v) is 8.26. The first-order chi connectivity index (χ1) is 18.0. The zero-order valence-electron chi connectivity index (χ0n) is 21.4. The maximum Gasteiger partial charge on any atom is 0.408 e. The molecule has 0 atom stereocenters. The number of halogens is 7. The summed E-state index contributed by atoms with van der Waals surface area (Å²) in [7, 11) is -10.1. The quantitative estimate of drug-likeness (QED) is 0.278. The summed E-state index contributed by atoms with van der Waals surface area (Å²) in [6.45, 7) is 5.07. The predicted molar refractivity (Wildman–Crippen MR) is 140 cm³/mol. The van der Waals surface area contributed by atoms with Gasteiger partial charge in [0.05, 0.1) is 21.0 Å². The Hall–Kier alpha value is -2.96. The molecule has 0 radical (unpaired) electrons. The van der Waals surface area contributed by atoms with Gasteiger partial charge in [-0.15, -0.1) is 0 Å². The average Bonchev–Trinajstić information content (AvgIpc) is 3.68. The Morgan fingerprint density at radius 1 is 1.15 bits per heavy atom. The molecule has 2 fully saturated rings. The molecule has 2 amide bonds. The number of hydrogen-bond acceptors (Lipinski definition) is 6. The number of amides is 2. The van der Waals surface area contributed by atoms with Gasteiger partial charge in [0.2, 0.25) is 5.91 Å². The summed E-state index contributed by atoms with van der Waals surface area (Å²) in [4.78, 5) is 22.5. The number of nitriles is 1. The molecule has 0 bridgehead atoms. The van der Waals surface area contributed by atoms with Crippen molar-refractivity contribution in [2.45, 2.75) is 67.9 Å². The number of hydrogen-bond donors (Lipinski definition) is 3. The van der Waals surface area contributed by atoms with Crippen LogP contribution in [0.1, 0.15) is 57.7 Å². The van der Waals surface area contributed by atoms with Crippen LogP contribution in [-0.2, 0) is 14.9 Å². The molecule has 0 spiro atoms. The van der Waals surface area contributed by atoms with Crippen molar-refractivity contribution in [3.8, 4) is 11.8 Å². The summed E-state index contributed by atoms with van der Waals surface area (Å²) in [6.07, 6.45) is 0.864. The first-order valence-corrected chi connectivity index (χ1v) is 14.5. The number of alkyl carbamates (subject to hydrolysis) is 1. The van der Waals surface area contributed by atoms with E-state index in [1.165, 1.54) is 0 Å². The Labute approximate surface area is 235 Å². The van der Waals surface area contributed by atoms with E-state index in [0.717, 1.165) is 4.68 Å². The molecule has 9 nitrogen and oxygen atoms in total. The number of aromatic nitrogens is 2. The number of carbonyl (C=O) groups is 2. The van der Waals surface area contributed by atoms with Gasteiger partial charge in [0.1, 0.15) is 28.1 Å². The number of nitrogens with zero attached hydrogens (tertiary/aromatic N) is 3. The van der Waals surface area contributed by atoms with Crippen LogP contribution in [0.15, 0.2) is 17.0 Å². The highest BCUT2D eigenvalue weighted by molar-refractivity contribution is 8.45. The smallest absolute Gasteiger partial charge is 0.408 e. The van der Waals surface area contributed by atoms with E-state index in [-0.39, 0.29) is 48.6 Å². The van der Waals surface area contributed by atoms with E-state index in [0.29, 0.717) is 12.8 Å². The number of carbonyl (C=O) groups excluding carboxylic acids is 2. The number of benzene rings is 1. The Morgan fingerprint density at radius 2 is 1.70 bits per heavy atom. The monoisotopic (exact) mass is 630 g/mol. The second-order valence-corrected chi connectivity index (χ2v) is 14.2. The highest BCUT2D eigenvalue weighted by Crippen LogP contribution is 3.02. The van der Waals surface area contributed by atoms with Crippen molar-refractivity contribution >= 4 is 51.2 Å². The summed E-state index contributed by atoms with van der Waals surface area (Å²) in [6, 6.07) is 1.88.